The fourth-order valence-electron chi connectivity index (χ4n) is 7.34. The Hall–Kier alpha value is -1.80. The molecule has 4 aliphatic carbocycles. The lowest BCUT2D eigenvalue weighted by Gasteiger charge is -2.52. The second-order valence-electron chi connectivity index (χ2n) is 9.80. The van der Waals surface area contributed by atoms with Crippen LogP contribution in [0.25, 0.3) is 0 Å². The molecule has 6 atom stereocenters. The van der Waals surface area contributed by atoms with E-state index in [1.807, 2.05) is 10.8 Å². The van der Waals surface area contributed by atoms with Crippen LogP contribution in [-0.4, -0.2) is 32.6 Å². The molecule has 0 aliphatic heterocycles. The van der Waals surface area contributed by atoms with Crippen molar-refractivity contribution in [2.75, 3.05) is 7.11 Å². The summed E-state index contributed by atoms with van der Waals surface area (Å²) in [6.45, 7) is 3.41. The minimum absolute atomic E-state index is 0.0237. The topological polar surface area (TPSA) is 102 Å². The molecule has 1 aromatic carbocycles. The molecule has 3 fully saturated rings. The predicted molar refractivity (Wildman–Crippen MR) is 109 cm³/mol. The van der Waals surface area contributed by atoms with Crippen molar-refractivity contribution in [3.63, 3.8) is 0 Å². The van der Waals surface area contributed by atoms with E-state index in [4.69, 9.17) is 8.92 Å². The van der Waals surface area contributed by atoms with E-state index in [1.54, 1.807) is 6.07 Å². The third-order valence-corrected chi connectivity index (χ3v) is 9.54. The van der Waals surface area contributed by atoms with E-state index in [0.29, 0.717) is 23.5 Å². The van der Waals surface area contributed by atoms with E-state index in [0.717, 1.165) is 44.6 Å². The molecule has 1 spiro atoms. The zero-order valence-corrected chi connectivity index (χ0v) is 18.4. The highest BCUT2D eigenvalue weighted by Crippen LogP contribution is 2.81. The molecule has 2 unspecified atom stereocenters. The van der Waals surface area contributed by atoms with Gasteiger partial charge in [0, 0.05) is 6.92 Å². The maximum atomic E-state index is 12.1. The molecule has 0 bridgehead atoms. The number of hydrogen-bond donors (Lipinski definition) is 2. The SMILES string of the molecule is COc1cc2c(cc1OS(=O)(=O)NC(C)=O)CCC1C2CC[C@]2(C)[C@@H](O)C[C@@H]3C[C@@]132. The number of aliphatic hydroxyl groups is 1. The molecule has 4 aliphatic rings. The van der Waals surface area contributed by atoms with Crippen molar-refractivity contribution in [3.8, 4) is 11.5 Å². The minimum Gasteiger partial charge on any atom is -0.493 e. The zero-order chi connectivity index (χ0) is 21.5. The van der Waals surface area contributed by atoms with Gasteiger partial charge in [0.25, 0.3) is 0 Å². The number of hydrogen-bond acceptors (Lipinski definition) is 6. The Morgan fingerprint density at radius 1 is 1.27 bits per heavy atom. The van der Waals surface area contributed by atoms with Gasteiger partial charge in [0.05, 0.1) is 13.2 Å². The summed E-state index contributed by atoms with van der Waals surface area (Å²) in [5, 5.41) is 10.7. The highest BCUT2D eigenvalue weighted by Gasteiger charge is 2.76. The molecule has 8 heteroatoms. The number of methoxy groups -OCH3 is 1. The molecule has 2 N–H and O–H groups in total. The van der Waals surface area contributed by atoms with Crippen LogP contribution in [0.3, 0.4) is 0 Å². The summed E-state index contributed by atoms with van der Waals surface area (Å²) in [5.74, 6) is 1.32. The predicted octanol–water partition coefficient (Wildman–Crippen LogP) is 2.67. The standard InChI is InChI=1S/C22H29NO6S/c1-12(24)23-30(26,27)29-19-8-13-4-5-17-15(16(13)10-18(19)28-3)6-7-21(2)20(25)9-14-11-22(14,17)21/h8,10,14-15,17,20,25H,4-7,9,11H2,1-3H3,(H,23,24)/t14-,15?,17?,20+,21-,22+/m1/s1. The van der Waals surface area contributed by atoms with Crippen LogP contribution in [0.4, 0.5) is 0 Å². The number of benzene rings is 1. The summed E-state index contributed by atoms with van der Waals surface area (Å²) in [7, 11) is -2.77. The number of amides is 1. The average Bonchev–Trinajstić information content (AvgIpc) is 3.31. The number of carbonyl (C=O) groups is 1. The van der Waals surface area contributed by atoms with Gasteiger partial charge in [0.2, 0.25) is 5.91 Å². The molecular formula is C22H29NO6S. The first-order valence-electron chi connectivity index (χ1n) is 10.7. The second kappa shape index (κ2) is 6.36. The lowest BCUT2D eigenvalue weighted by molar-refractivity contribution is -0.117. The fraction of sp³-hybridized carbons (Fsp3) is 0.682. The van der Waals surface area contributed by atoms with Gasteiger partial charge in [-0.05, 0) is 90.4 Å². The van der Waals surface area contributed by atoms with Crippen molar-refractivity contribution in [1.29, 1.82) is 0 Å². The average molecular weight is 436 g/mol. The third kappa shape index (κ3) is 2.65. The molecule has 164 valence electrons. The third-order valence-electron chi connectivity index (χ3n) is 8.60. The molecule has 1 amide bonds. The summed E-state index contributed by atoms with van der Waals surface area (Å²) < 4.78 is 36.6. The van der Waals surface area contributed by atoms with Crippen molar-refractivity contribution < 1.29 is 27.2 Å². The lowest BCUT2D eigenvalue weighted by Crippen LogP contribution is -2.47. The van der Waals surface area contributed by atoms with Gasteiger partial charge in [-0.25, -0.2) is 4.72 Å². The molecule has 3 saturated carbocycles. The molecule has 30 heavy (non-hydrogen) atoms. The van der Waals surface area contributed by atoms with Crippen LogP contribution in [0, 0.1) is 22.7 Å². The molecule has 5 rings (SSSR count). The Morgan fingerprint density at radius 3 is 2.73 bits per heavy atom. The van der Waals surface area contributed by atoms with Gasteiger partial charge in [-0.15, -0.1) is 0 Å². The normalized spacial score (nSPS) is 38.5. The van der Waals surface area contributed by atoms with Gasteiger partial charge < -0.3 is 14.0 Å². The van der Waals surface area contributed by atoms with Gasteiger partial charge in [-0.1, -0.05) is 6.92 Å². The molecule has 1 aromatic rings. The van der Waals surface area contributed by atoms with Gasteiger partial charge in [-0.2, -0.15) is 8.42 Å². The highest BCUT2D eigenvalue weighted by molar-refractivity contribution is 7.85. The zero-order valence-electron chi connectivity index (χ0n) is 17.6. The van der Waals surface area contributed by atoms with E-state index in [9.17, 15) is 18.3 Å². The largest absolute Gasteiger partial charge is 0.493 e. The first kappa shape index (κ1) is 20.1. The van der Waals surface area contributed by atoms with Crippen LogP contribution in [0.1, 0.15) is 63.0 Å². The lowest BCUT2D eigenvalue weighted by atomic mass is 9.52. The van der Waals surface area contributed by atoms with Crippen LogP contribution in [-0.2, 0) is 21.5 Å². The van der Waals surface area contributed by atoms with Crippen LogP contribution < -0.4 is 13.6 Å². The molecule has 0 heterocycles. The van der Waals surface area contributed by atoms with Crippen molar-refractivity contribution in [3.05, 3.63) is 23.3 Å². The van der Waals surface area contributed by atoms with E-state index in [-0.39, 0.29) is 22.7 Å². The number of ether oxygens (including phenoxy) is 1. The van der Waals surface area contributed by atoms with Crippen molar-refractivity contribution in [2.45, 2.75) is 64.4 Å². The van der Waals surface area contributed by atoms with Gasteiger partial charge in [0.15, 0.2) is 11.5 Å². The van der Waals surface area contributed by atoms with E-state index < -0.39 is 16.2 Å². The Balaban J connectivity index is 1.49. The molecular weight excluding hydrogens is 406 g/mol. The number of aryl methyl sites for hydroxylation is 1. The van der Waals surface area contributed by atoms with Crippen LogP contribution in [0.5, 0.6) is 11.5 Å². The smallest absolute Gasteiger partial charge is 0.409 e. The van der Waals surface area contributed by atoms with Crippen molar-refractivity contribution in [1.82, 2.24) is 4.72 Å². The monoisotopic (exact) mass is 435 g/mol. The van der Waals surface area contributed by atoms with E-state index in [1.165, 1.54) is 19.1 Å². The van der Waals surface area contributed by atoms with Crippen LogP contribution >= 0.6 is 0 Å². The summed E-state index contributed by atoms with van der Waals surface area (Å²) in [4.78, 5) is 11.1. The van der Waals surface area contributed by atoms with Gasteiger partial charge in [-0.3, -0.25) is 4.79 Å². The quantitative estimate of drug-likeness (QED) is 0.754. The first-order valence-corrected chi connectivity index (χ1v) is 12.1. The minimum atomic E-state index is -4.25. The van der Waals surface area contributed by atoms with Crippen molar-refractivity contribution >= 4 is 16.2 Å². The van der Waals surface area contributed by atoms with Crippen LogP contribution in [0.2, 0.25) is 0 Å². The summed E-state index contributed by atoms with van der Waals surface area (Å²) in [5.41, 5.74) is 2.58. The number of carbonyl (C=O) groups excluding carboxylic acids is 1. The maximum Gasteiger partial charge on any atom is 0.409 e. The summed E-state index contributed by atoms with van der Waals surface area (Å²) in [6, 6.07) is 3.68. The Labute approximate surface area is 177 Å². The molecule has 0 radical (unpaired) electrons. The number of rotatable bonds is 4. The molecule has 7 nitrogen and oxygen atoms in total. The Kier molecular flexibility index (Phi) is 4.26. The number of aliphatic hydroxyl groups excluding tert-OH is 1. The maximum absolute atomic E-state index is 12.1. The number of fused-ring (bicyclic) bond motifs is 3. The second-order valence-corrected chi connectivity index (χ2v) is 11.1. The number of nitrogens with one attached hydrogen (secondary N) is 1. The highest BCUT2D eigenvalue weighted by atomic mass is 32.2. The van der Waals surface area contributed by atoms with Gasteiger partial charge in [0.1, 0.15) is 0 Å². The molecule has 0 aromatic heterocycles. The Bertz CT molecular complexity index is 1020. The van der Waals surface area contributed by atoms with Crippen molar-refractivity contribution in [2.24, 2.45) is 22.7 Å². The fourth-order valence-corrected chi connectivity index (χ4v) is 8.10. The Morgan fingerprint density at radius 2 is 2.03 bits per heavy atom. The summed E-state index contributed by atoms with van der Waals surface area (Å²) in [6.07, 6.45) is 5.89. The van der Waals surface area contributed by atoms with Gasteiger partial charge >= 0.3 is 10.3 Å². The van der Waals surface area contributed by atoms with Crippen LogP contribution in [0.15, 0.2) is 12.1 Å². The first-order chi connectivity index (χ1) is 14.1. The van der Waals surface area contributed by atoms with E-state index >= 15 is 0 Å². The summed E-state index contributed by atoms with van der Waals surface area (Å²) >= 11 is 0. The molecule has 0 saturated heterocycles. The van der Waals surface area contributed by atoms with E-state index in [2.05, 4.69) is 6.92 Å².